The van der Waals surface area contributed by atoms with E-state index < -0.39 is 0 Å². The van der Waals surface area contributed by atoms with Crippen molar-refractivity contribution in [1.82, 2.24) is 19.5 Å². The molecule has 0 saturated heterocycles. The predicted molar refractivity (Wildman–Crippen MR) is 212 cm³/mol. The number of para-hydroxylation sites is 2. The Morgan fingerprint density at radius 2 is 1.14 bits per heavy atom. The van der Waals surface area contributed by atoms with Crippen LogP contribution in [0, 0.1) is 0 Å². The van der Waals surface area contributed by atoms with E-state index in [9.17, 15) is 0 Å². The van der Waals surface area contributed by atoms with Gasteiger partial charge in [-0.2, -0.15) is 0 Å². The largest absolute Gasteiger partial charge is 0.309 e. The quantitative estimate of drug-likeness (QED) is 0.183. The molecule has 0 bridgehead atoms. The summed E-state index contributed by atoms with van der Waals surface area (Å²) in [6.07, 6.45) is 5.55. The van der Waals surface area contributed by atoms with Crippen molar-refractivity contribution in [2.45, 2.75) is 18.8 Å². The topological polar surface area (TPSA) is 43.6 Å². The molecule has 3 aromatic heterocycles. The van der Waals surface area contributed by atoms with Crippen molar-refractivity contribution in [3.63, 3.8) is 0 Å². The first kappa shape index (κ1) is 29.7. The van der Waals surface area contributed by atoms with Gasteiger partial charge in [0.1, 0.15) is 5.82 Å². The molecule has 5 heteroatoms. The van der Waals surface area contributed by atoms with E-state index >= 15 is 0 Å². The Bertz CT molecular complexity index is 2850. The Morgan fingerprint density at radius 3 is 1.86 bits per heavy atom. The Kier molecular flexibility index (Phi) is 6.83. The van der Waals surface area contributed by atoms with Gasteiger partial charge in [-0.1, -0.05) is 133 Å². The molecular weight excluding hydrogens is 641 g/mol. The third kappa shape index (κ3) is 5.00. The lowest BCUT2D eigenvalue weighted by molar-refractivity contribution is 0.601. The van der Waals surface area contributed by atoms with Crippen LogP contribution in [0.15, 0.2) is 152 Å². The van der Waals surface area contributed by atoms with Crippen LogP contribution in [0.5, 0.6) is 0 Å². The number of hydrogen-bond donors (Lipinski definition) is 0. The molecule has 0 N–H and O–H groups in total. The van der Waals surface area contributed by atoms with Gasteiger partial charge >= 0.3 is 0 Å². The average Bonchev–Trinajstić information content (AvgIpc) is 3.73. The van der Waals surface area contributed by atoms with Crippen molar-refractivity contribution in [1.29, 1.82) is 0 Å². The average molecular weight is 673 g/mol. The molecule has 0 spiro atoms. The van der Waals surface area contributed by atoms with E-state index in [4.69, 9.17) is 15.0 Å². The Labute approximate surface area is 299 Å². The van der Waals surface area contributed by atoms with E-state index in [2.05, 4.69) is 157 Å². The maximum absolute atomic E-state index is 5.19. The van der Waals surface area contributed by atoms with Crippen LogP contribution in [-0.2, 0) is 5.41 Å². The van der Waals surface area contributed by atoms with E-state index in [1.807, 2.05) is 29.5 Å². The number of rotatable bonds is 5. The van der Waals surface area contributed by atoms with Gasteiger partial charge in [-0.3, -0.25) is 0 Å². The number of hydrogen-bond acceptors (Lipinski definition) is 4. The van der Waals surface area contributed by atoms with Crippen molar-refractivity contribution in [2.75, 3.05) is 0 Å². The van der Waals surface area contributed by atoms with Crippen molar-refractivity contribution in [3.05, 3.63) is 167 Å². The van der Waals surface area contributed by atoms with E-state index in [1.165, 1.54) is 41.6 Å². The third-order valence-electron chi connectivity index (χ3n) is 10.2. The zero-order chi connectivity index (χ0) is 33.9. The zero-order valence-electron chi connectivity index (χ0n) is 28.0. The van der Waals surface area contributed by atoms with Crippen LogP contribution in [0.2, 0.25) is 0 Å². The van der Waals surface area contributed by atoms with Gasteiger partial charge in [0.25, 0.3) is 0 Å². The Balaban J connectivity index is 1.05. The van der Waals surface area contributed by atoms with Gasteiger partial charge in [0.2, 0.25) is 0 Å². The molecule has 9 aromatic rings. The minimum Gasteiger partial charge on any atom is -0.309 e. The first-order valence-corrected chi connectivity index (χ1v) is 18.2. The monoisotopic (exact) mass is 672 g/mol. The minimum absolute atomic E-state index is 0.373. The van der Waals surface area contributed by atoms with Gasteiger partial charge < -0.3 is 4.57 Å². The van der Waals surface area contributed by atoms with Crippen LogP contribution >= 0.6 is 11.3 Å². The summed E-state index contributed by atoms with van der Waals surface area (Å²) in [6, 6.07) is 53.6. The van der Waals surface area contributed by atoms with Gasteiger partial charge in [0, 0.05) is 36.8 Å². The van der Waals surface area contributed by atoms with Gasteiger partial charge in [-0.05, 0) is 65.4 Å². The van der Waals surface area contributed by atoms with Crippen molar-refractivity contribution in [3.8, 4) is 39.6 Å². The normalized spacial score (nSPS) is 15.5. The van der Waals surface area contributed by atoms with E-state index in [0.717, 1.165) is 40.2 Å². The highest BCUT2D eigenvalue weighted by atomic mass is 32.1. The molecule has 0 aliphatic heterocycles. The number of benzene rings is 6. The molecule has 242 valence electrons. The number of thiophene rings is 1. The fourth-order valence-electron chi connectivity index (χ4n) is 7.53. The molecule has 0 radical (unpaired) electrons. The SMILES string of the molecule is CC1(c2nc(-c3ccccc3)nc(-c3ccc(-c4cccc(-n5c6ccccc6c6ccccc65)c4)cc3)n2)C=c2sc3ccccc3c2=CC1. The van der Waals surface area contributed by atoms with Gasteiger partial charge in [0.15, 0.2) is 11.6 Å². The summed E-state index contributed by atoms with van der Waals surface area (Å²) in [4.78, 5) is 15.4. The molecule has 10 rings (SSSR count). The minimum atomic E-state index is -0.373. The van der Waals surface area contributed by atoms with Crippen molar-refractivity contribution >= 4 is 55.4 Å². The van der Waals surface area contributed by atoms with E-state index in [-0.39, 0.29) is 5.41 Å². The summed E-state index contributed by atoms with van der Waals surface area (Å²) >= 11 is 1.84. The molecule has 3 heterocycles. The number of aromatic nitrogens is 4. The fourth-order valence-corrected chi connectivity index (χ4v) is 8.83. The van der Waals surface area contributed by atoms with Crippen LogP contribution < -0.4 is 9.75 Å². The van der Waals surface area contributed by atoms with Crippen molar-refractivity contribution in [2.24, 2.45) is 0 Å². The second-order valence-electron chi connectivity index (χ2n) is 13.5. The summed E-state index contributed by atoms with van der Waals surface area (Å²) in [5.74, 6) is 2.16. The van der Waals surface area contributed by atoms with Crippen LogP contribution in [-0.4, -0.2) is 19.5 Å². The highest BCUT2D eigenvalue weighted by molar-refractivity contribution is 7.17. The van der Waals surface area contributed by atoms with Crippen LogP contribution in [0.3, 0.4) is 0 Å². The van der Waals surface area contributed by atoms with E-state index in [0.29, 0.717) is 11.6 Å². The summed E-state index contributed by atoms with van der Waals surface area (Å²) in [6.45, 7) is 2.25. The van der Waals surface area contributed by atoms with Gasteiger partial charge in [-0.15, -0.1) is 11.3 Å². The maximum atomic E-state index is 5.19. The number of fused-ring (bicyclic) bond motifs is 6. The third-order valence-corrected chi connectivity index (χ3v) is 11.3. The van der Waals surface area contributed by atoms with Gasteiger partial charge in [0.05, 0.1) is 16.4 Å². The summed E-state index contributed by atoms with van der Waals surface area (Å²) in [5, 5.41) is 5.16. The molecule has 51 heavy (non-hydrogen) atoms. The zero-order valence-corrected chi connectivity index (χ0v) is 28.8. The highest BCUT2D eigenvalue weighted by Crippen LogP contribution is 2.35. The van der Waals surface area contributed by atoms with E-state index in [1.54, 1.807) is 0 Å². The molecule has 1 unspecified atom stereocenters. The molecule has 0 saturated carbocycles. The lowest BCUT2D eigenvalue weighted by Crippen LogP contribution is -2.33. The number of nitrogens with zero attached hydrogens (tertiary/aromatic N) is 4. The van der Waals surface area contributed by atoms with Gasteiger partial charge in [-0.25, -0.2) is 15.0 Å². The standard InChI is InChI=1S/C46H32N4S/c1-46(27-26-38-37-18-7-10-21-41(37)51-42(38)29-46)45-48-43(31-12-3-2-4-13-31)47-44(49-45)32-24-22-30(23-25-32)33-14-11-15-34(28-33)50-39-19-8-5-16-35(39)36-17-6-9-20-40(36)50/h2-26,28-29H,27H2,1H3. The predicted octanol–water partition coefficient (Wildman–Crippen LogP) is 10.1. The molecule has 1 aliphatic rings. The molecule has 1 atom stereocenters. The maximum Gasteiger partial charge on any atom is 0.163 e. The second kappa shape index (κ2) is 11.7. The summed E-state index contributed by atoms with van der Waals surface area (Å²) in [5.41, 5.74) is 7.41. The molecular formula is C46H32N4S. The first-order chi connectivity index (χ1) is 25.1. The summed E-state index contributed by atoms with van der Waals surface area (Å²) < 4.78 is 4.95. The molecule has 1 aliphatic carbocycles. The molecule has 0 amide bonds. The van der Waals surface area contributed by atoms with Crippen molar-refractivity contribution < 1.29 is 0 Å². The smallest absolute Gasteiger partial charge is 0.163 e. The lowest BCUT2D eigenvalue weighted by Gasteiger charge is -2.25. The molecule has 0 fully saturated rings. The fraction of sp³-hybridized carbons (Fsp3) is 0.0652. The van der Waals surface area contributed by atoms with Crippen LogP contribution in [0.1, 0.15) is 19.2 Å². The van der Waals surface area contributed by atoms with Crippen LogP contribution in [0.4, 0.5) is 0 Å². The lowest BCUT2D eigenvalue weighted by atomic mass is 9.82. The Morgan fingerprint density at radius 1 is 0.549 bits per heavy atom. The second-order valence-corrected chi connectivity index (χ2v) is 14.6. The Hall–Kier alpha value is -6.17. The molecule has 4 nitrogen and oxygen atoms in total. The summed E-state index contributed by atoms with van der Waals surface area (Å²) in [7, 11) is 0. The molecule has 6 aromatic carbocycles. The van der Waals surface area contributed by atoms with Crippen LogP contribution in [0.25, 0.3) is 83.6 Å². The first-order valence-electron chi connectivity index (χ1n) is 17.3. The highest BCUT2D eigenvalue weighted by Gasteiger charge is 2.30.